The van der Waals surface area contributed by atoms with Crippen LogP contribution in [0.15, 0.2) is 24.3 Å². The van der Waals surface area contributed by atoms with Crippen LogP contribution < -0.4 is 0 Å². The minimum Gasteiger partial charge on any atom is -0.373 e. The number of ketones is 1. The fourth-order valence-electron chi connectivity index (χ4n) is 3.73. The van der Waals surface area contributed by atoms with Gasteiger partial charge in [-0.1, -0.05) is 37.6 Å². The molecule has 3 unspecified atom stereocenters. The highest BCUT2D eigenvalue weighted by molar-refractivity contribution is 5.81. The van der Waals surface area contributed by atoms with E-state index in [2.05, 4.69) is 31.2 Å². The van der Waals surface area contributed by atoms with Crippen LogP contribution in [-0.4, -0.2) is 12.4 Å². The Hall–Kier alpha value is -1.15. The molecule has 1 aromatic rings. The maximum Gasteiger partial charge on any atom is 0.136 e. The number of hydrogen-bond acceptors (Lipinski definition) is 2. The van der Waals surface area contributed by atoms with Crippen molar-refractivity contribution < 1.29 is 9.53 Å². The first-order valence-electron chi connectivity index (χ1n) is 8.00. The summed E-state index contributed by atoms with van der Waals surface area (Å²) in [5.74, 6) is 1.41. The number of carbonyl (C=O) groups excluding carboxylic acids is 1. The summed E-state index contributed by atoms with van der Waals surface area (Å²) in [5.41, 5.74) is 2.71. The molecule has 1 fully saturated rings. The van der Waals surface area contributed by atoms with Crippen LogP contribution in [0.3, 0.4) is 0 Å². The van der Waals surface area contributed by atoms with Crippen LogP contribution in [0, 0.1) is 11.8 Å². The number of fused-ring (bicyclic) bond motifs is 1. The van der Waals surface area contributed by atoms with Crippen molar-refractivity contribution in [3.8, 4) is 0 Å². The largest absolute Gasteiger partial charge is 0.373 e. The minimum absolute atomic E-state index is 0.129. The standard InChI is InChI=1S/C18H24O2/c1-2-13-7-8-17(19)15(11-13)12-18-16-6-4-3-5-14(16)9-10-20-18/h3-6,13,15,18H,2,7-12H2,1H3. The van der Waals surface area contributed by atoms with Crippen molar-refractivity contribution in [2.75, 3.05) is 6.61 Å². The highest BCUT2D eigenvalue weighted by Gasteiger charge is 2.32. The zero-order chi connectivity index (χ0) is 13.9. The van der Waals surface area contributed by atoms with Crippen LogP contribution in [0.2, 0.25) is 0 Å². The summed E-state index contributed by atoms with van der Waals surface area (Å²) in [7, 11) is 0. The second kappa shape index (κ2) is 6.09. The Labute approximate surface area is 121 Å². The molecule has 0 bridgehead atoms. The summed E-state index contributed by atoms with van der Waals surface area (Å²) in [6.07, 6.45) is 6.15. The van der Waals surface area contributed by atoms with Crippen molar-refractivity contribution >= 4 is 5.78 Å². The van der Waals surface area contributed by atoms with Crippen molar-refractivity contribution in [2.24, 2.45) is 11.8 Å². The van der Waals surface area contributed by atoms with E-state index in [0.29, 0.717) is 5.78 Å². The summed E-state index contributed by atoms with van der Waals surface area (Å²) in [5, 5.41) is 0. The molecule has 1 aromatic carbocycles. The van der Waals surface area contributed by atoms with Crippen LogP contribution in [0.1, 0.15) is 56.3 Å². The fraction of sp³-hybridized carbons (Fsp3) is 0.611. The second-order valence-corrected chi connectivity index (χ2v) is 6.26. The van der Waals surface area contributed by atoms with E-state index >= 15 is 0 Å². The Morgan fingerprint density at radius 3 is 2.95 bits per heavy atom. The predicted molar refractivity (Wildman–Crippen MR) is 79.6 cm³/mol. The Morgan fingerprint density at radius 1 is 1.25 bits per heavy atom. The average Bonchev–Trinajstić information content (AvgIpc) is 2.50. The molecule has 0 spiro atoms. The van der Waals surface area contributed by atoms with Gasteiger partial charge in [0, 0.05) is 12.3 Å². The van der Waals surface area contributed by atoms with E-state index in [9.17, 15) is 4.79 Å². The molecule has 1 aliphatic carbocycles. The van der Waals surface area contributed by atoms with Gasteiger partial charge < -0.3 is 4.74 Å². The molecule has 2 heteroatoms. The molecule has 1 heterocycles. The molecular formula is C18H24O2. The van der Waals surface area contributed by atoms with E-state index in [-0.39, 0.29) is 12.0 Å². The quantitative estimate of drug-likeness (QED) is 0.828. The van der Waals surface area contributed by atoms with Crippen LogP contribution >= 0.6 is 0 Å². The SMILES string of the molecule is CCC1CCC(=O)C(CC2OCCc3ccccc32)C1. The number of carbonyl (C=O) groups is 1. The zero-order valence-electron chi connectivity index (χ0n) is 12.3. The molecule has 1 saturated carbocycles. The first-order chi connectivity index (χ1) is 9.78. The van der Waals surface area contributed by atoms with E-state index in [1.54, 1.807) is 0 Å². The third kappa shape index (κ3) is 2.80. The number of benzene rings is 1. The third-order valence-corrected chi connectivity index (χ3v) is 5.04. The van der Waals surface area contributed by atoms with Crippen LogP contribution in [0.25, 0.3) is 0 Å². The number of Topliss-reactive ketones (excluding diaryl/α,β-unsaturated/α-hetero) is 1. The molecule has 3 atom stereocenters. The average molecular weight is 272 g/mol. The number of hydrogen-bond donors (Lipinski definition) is 0. The van der Waals surface area contributed by atoms with Crippen LogP contribution in [-0.2, 0) is 16.0 Å². The number of ether oxygens (including phenoxy) is 1. The first-order valence-corrected chi connectivity index (χ1v) is 8.00. The Kier molecular flexibility index (Phi) is 4.21. The summed E-state index contributed by atoms with van der Waals surface area (Å²) in [4.78, 5) is 12.2. The zero-order valence-corrected chi connectivity index (χ0v) is 12.3. The highest BCUT2D eigenvalue weighted by atomic mass is 16.5. The van der Waals surface area contributed by atoms with Gasteiger partial charge in [-0.05, 0) is 42.7 Å². The van der Waals surface area contributed by atoms with Gasteiger partial charge in [-0.25, -0.2) is 0 Å². The summed E-state index contributed by atoms with van der Waals surface area (Å²) in [6.45, 7) is 3.03. The van der Waals surface area contributed by atoms with E-state index in [1.807, 2.05) is 0 Å². The van der Waals surface area contributed by atoms with Crippen LogP contribution in [0.5, 0.6) is 0 Å². The van der Waals surface area contributed by atoms with Gasteiger partial charge in [0.2, 0.25) is 0 Å². The normalized spacial score (nSPS) is 30.1. The molecule has 20 heavy (non-hydrogen) atoms. The molecule has 0 radical (unpaired) electrons. The van der Waals surface area contributed by atoms with E-state index in [1.165, 1.54) is 17.5 Å². The van der Waals surface area contributed by atoms with Gasteiger partial charge in [-0.3, -0.25) is 4.79 Å². The molecule has 2 aliphatic rings. The van der Waals surface area contributed by atoms with Crippen molar-refractivity contribution in [3.05, 3.63) is 35.4 Å². The summed E-state index contributed by atoms with van der Waals surface area (Å²) in [6, 6.07) is 8.55. The lowest BCUT2D eigenvalue weighted by Gasteiger charge is -2.32. The Bertz CT molecular complexity index is 480. The lowest BCUT2D eigenvalue weighted by Crippen LogP contribution is -2.28. The van der Waals surface area contributed by atoms with Crippen molar-refractivity contribution in [3.63, 3.8) is 0 Å². The first kappa shape index (κ1) is 13.8. The van der Waals surface area contributed by atoms with Crippen molar-refractivity contribution in [1.29, 1.82) is 0 Å². The maximum atomic E-state index is 12.2. The number of rotatable bonds is 3. The molecular weight excluding hydrogens is 248 g/mol. The molecule has 0 saturated heterocycles. The molecule has 0 amide bonds. The monoisotopic (exact) mass is 272 g/mol. The maximum absolute atomic E-state index is 12.2. The summed E-state index contributed by atoms with van der Waals surface area (Å²) < 4.78 is 5.97. The predicted octanol–water partition coefficient (Wildman–Crippen LogP) is 4.09. The van der Waals surface area contributed by atoms with Gasteiger partial charge in [-0.2, -0.15) is 0 Å². The van der Waals surface area contributed by atoms with Gasteiger partial charge in [0.05, 0.1) is 12.7 Å². The van der Waals surface area contributed by atoms with E-state index in [0.717, 1.165) is 44.6 Å². The topological polar surface area (TPSA) is 26.3 Å². The van der Waals surface area contributed by atoms with Gasteiger partial charge in [0.15, 0.2) is 0 Å². The van der Waals surface area contributed by atoms with Crippen molar-refractivity contribution in [2.45, 2.75) is 51.6 Å². The second-order valence-electron chi connectivity index (χ2n) is 6.26. The molecule has 108 valence electrons. The van der Waals surface area contributed by atoms with Gasteiger partial charge in [0.1, 0.15) is 5.78 Å². The van der Waals surface area contributed by atoms with Crippen molar-refractivity contribution in [1.82, 2.24) is 0 Å². The van der Waals surface area contributed by atoms with E-state index in [4.69, 9.17) is 4.74 Å². The Morgan fingerprint density at radius 2 is 2.10 bits per heavy atom. The van der Waals surface area contributed by atoms with Crippen LogP contribution in [0.4, 0.5) is 0 Å². The molecule has 0 aromatic heterocycles. The lowest BCUT2D eigenvalue weighted by molar-refractivity contribution is -0.127. The Balaban J connectivity index is 1.73. The summed E-state index contributed by atoms with van der Waals surface area (Å²) >= 11 is 0. The van der Waals surface area contributed by atoms with Gasteiger partial charge in [-0.15, -0.1) is 0 Å². The smallest absolute Gasteiger partial charge is 0.136 e. The third-order valence-electron chi connectivity index (χ3n) is 5.04. The molecule has 1 aliphatic heterocycles. The molecule has 2 nitrogen and oxygen atoms in total. The van der Waals surface area contributed by atoms with Gasteiger partial charge in [0.25, 0.3) is 0 Å². The minimum atomic E-state index is 0.129. The lowest BCUT2D eigenvalue weighted by atomic mass is 9.76. The van der Waals surface area contributed by atoms with E-state index < -0.39 is 0 Å². The fourth-order valence-corrected chi connectivity index (χ4v) is 3.73. The molecule has 0 N–H and O–H groups in total. The molecule has 3 rings (SSSR count). The highest BCUT2D eigenvalue weighted by Crippen LogP contribution is 2.38. The van der Waals surface area contributed by atoms with Gasteiger partial charge >= 0.3 is 0 Å².